The molecule has 1 N–H and O–H groups in total. The lowest BCUT2D eigenvalue weighted by molar-refractivity contribution is 0.101. The zero-order valence-electron chi connectivity index (χ0n) is 14.6. The van der Waals surface area contributed by atoms with Crippen molar-refractivity contribution in [1.29, 1.82) is 0 Å². The highest BCUT2D eigenvalue weighted by Crippen LogP contribution is 2.24. The summed E-state index contributed by atoms with van der Waals surface area (Å²) in [6.45, 7) is 0. The number of hydrogen-bond donors (Lipinski definition) is 1. The van der Waals surface area contributed by atoms with Gasteiger partial charge in [0.15, 0.2) is 0 Å². The maximum absolute atomic E-state index is 14.0. The van der Waals surface area contributed by atoms with Crippen LogP contribution in [0.5, 0.6) is 0 Å². The summed E-state index contributed by atoms with van der Waals surface area (Å²) in [7, 11) is 0. The Balaban J connectivity index is 1.78. The highest BCUT2D eigenvalue weighted by Gasteiger charge is 2.18. The summed E-state index contributed by atoms with van der Waals surface area (Å²) < 4.78 is 15.5. The van der Waals surface area contributed by atoms with Gasteiger partial charge in [-0.05, 0) is 42.5 Å². The van der Waals surface area contributed by atoms with Gasteiger partial charge in [-0.2, -0.15) is 5.10 Å². The normalized spacial score (nSPS) is 10.6. The van der Waals surface area contributed by atoms with Crippen LogP contribution in [0.15, 0.2) is 84.9 Å². The first-order valence-corrected chi connectivity index (χ1v) is 8.97. The number of amides is 1. The van der Waals surface area contributed by atoms with E-state index in [9.17, 15) is 9.18 Å². The lowest BCUT2D eigenvalue weighted by atomic mass is 10.1. The minimum atomic E-state index is -0.503. The molecule has 0 saturated carbocycles. The zero-order chi connectivity index (χ0) is 19.5. The molecule has 0 aliphatic rings. The van der Waals surface area contributed by atoms with Crippen molar-refractivity contribution in [2.45, 2.75) is 0 Å². The molecule has 0 fully saturated rings. The molecule has 138 valence electrons. The molecule has 6 heteroatoms. The summed E-state index contributed by atoms with van der Waals surface area (Å²) in [5.41, 5.74) is 2.57. The molecule has 0 spiro atoms. The SMILES string of the molecule is O=C(Nc1ccccc1F)c1cc(-c2ccccc2)nn1-c1ccc(Cl)cc1. The maximum Gasteiger partial charge on any atom is 0.274 e. The first-order chi connectivity index (χ1) is 13.6. The quantitative estimate of drug-likeness (QED) is 0.493. The highest BCUT2D eigenvalue weighted by molar-refractivity contribution is 6.30. The van der Waals surface area contributed by atoms with Crippen molar-refractivity contribution in [2.75, 3.05) is 5.32 Å². The van der Waals surface area contributed by atoms with Gasteiger partial charge in [0.05, 0.1) is 17.1 Å². The number of hydrogen-bond acceptors (Lipinski definition) is 2. The Bertz CT molecular complexity index is 1120. The average molecular weight is 392 g/mol. The van der Waals surface area contributed by atoms with E-state index in [1.165, 1.54) is 16.8 Å². The van der Waals surface area contributed by atoms with Crippen LogP contribution < -0.4 is 5.32 Å². The van der Waals surface area contributed by atoms with Gasteiger partial charge in [0.1, 0.15) is 11.5 Å². The molecule has 0 bridgehead atoms. The van der Waals surface area contributed by atoms with Crippen molar-refractivity contribution >= 4 is 23.2 Å². The second kappa shape index (κ2) is 7.66. The third-order valence-electron chi connectivity index (χ3n) is 4.20. The molecule has 0 aliphatic heterocycles. The molecule has 0 radical (unpaired) electrons. The number of nitrogens with zero attached hydrogens (tertiary/aromatic N) is 2. The number of carbonyl (C=O) groups excluding carboxylic acids is 1. The Morgan fingerprint density at radius 2 is 1.61 bits per heavy atom. The molecular weight excluding hydrogens is 377 g/mol. The van der Waals surface area contributed by atoms with Gasteiger partial charge in [-0.15, -0.1) is 0 Å². The minimum Gasteiger partial charge on any atom is -0.318 e. The van der Waals surface area contributed by atoms with Gasteiger partial charge in [0, 0.05) is 10.6 Å². The largest absolute Gasteiger partial charge is 0.318 e. The molecule has 3 aromatic carbocycles. The van der Waals surface area contributed by atoms with Crippen LogP contribution in [-0.4, -0.2) is 15.7 Å². The maximum atomic E-state index is 14.0. The standard InChI is InChI=1S/C22H15ClFN3O/c23-16-10-12-17(13-11-16)27-21(14-20(26-27)15-6-2-1-3-7-15)22(28)25-19-9-5-4-8-18(19)24/h1-14H,(H,25,28). The van der Waals surface area contributed by atoms with Crippen LogP contribution in [0.3, 0.4) is 0 Å². The van der Waals surface area contributed by atoms with Crippen molar-refractivity contribution in [1.82, 2.24) is 9.78 Å². The van der Waals surface area contributed by atoms with Gasteiger partial charge >= 0.3 is 0 Å². The molecule has 0 saturated heterocycles. The number of anilines is 1. The van der Waals surface area contributed by atoms with Gasteiger partial charge in [0.2, 0.25) is 0 Å². The number of benzene rings is 3. The monoisotopic (exact) mass is 391 g/mol. The van der Waals surface area contributed by atoms with E-state index in [2.05, 4.69) is 10.4 Å². The summed E-state index contributed by atoms with van der Waals surface area (Å²) in [6, 6.07) is 24.2. The average Bonchev–Trinajstić information content (AvgIpc) is 3.16. The topological polar surface area (TPSA) is 46.9 Å². The summed E-state index contributed by atoms with van der Waals surface area (Å²) in [5.74, 6) is -0.966. The molecule has 0 unspecified atom stereocenters. The van der Waals surface area contributed by atoms with Crippen LogP contribution in [0, 0.1) is 5.82 Å². The number of halogens is 2. The molecule has 0 aliphatic carbocycles. The number of aromatic nitrogens is 2. The molecule has 1 aromatic heterocycles. The summed E-state index contributed by atoms with van der Waals surface area (Å²) in [5, 5.41) is 7.78. The smallest absolute Gasteiger partial charge is 0.274 e. The molecule has 28 heavy (non-hydrogen) atoms. The van der Waals surface area contributed by atoms with E-state index >= 15 is 0 Å². The van der Waals surface area contributed by atoms with E-state index in [1.54, 1.807) is 42.5 Å². The van der Waals surface area contributed by atoms with Crippen LogP contribution in [-0.2, 0) is 0 Å². The van der Waals surface area contributed by atoms with Gasteiger partial charge < -0.3 is 5.32 Å². The molecule has 4 rings (SSSR count). The Kier molecular flexibility index (Phi) is 4.91. The van der Waals surface area contributed by atoms with Crippen LogP contribution in [0.4, 0.5) is 10.1 Å². The van der Waals surface area contributed by atoms with Crippen molar-refractivity contribution in [2.24, 2.45) is 0 Å². The Hall–Kier alpha value is -3.44. The van der Waals surface area contributed by atoms with Gasteiger partial charge in [-0.25, -0.2) is 9.07 Å². The van der Waals surface area contributed by atoms with E-state index in [0.29, 0.717) is 16.4 Å². The van der Waals surface area contributed by atoms with Crippen molar-refractivity contribution in [3.05, 3.63) is 101 Å². The van der Waals surface area contributed by atoms with Crippen LogP contribution in [0.1, 0.15) is 10.5 Å². The Morgan fingerprint density at radius 1 is 0.929 bits per heavy atom. The van der Waals surface area contributed by atoms with Crippen molar-refractivity contribution < 1.29 is 9.18 Å². The fourth-order valence-corrected chi connectivity index (χ4v) is 2.95. The summed E-state index contributed by atoms with van der Waals surface area (Å²) in [6.07, 6.45) is 0. The van der Waals surface area contributed by atoms with Gasteiger partial charge in [-0.1, -0.05) is 54.1 Å². The van der Waals surface area contributed by atoms with E-state index in [1.807, 2.05) is 30.3 Å². The van der Waals surface area contributed by atoms with E-state index in [-0.39, 0.29) is 11.4 Å². The van der Waals surface area contributed by atoms with E-state index < -0.39 is 11.7 Å². The molecule has 1 amide bonds. The predicted octanol–water partition coefficient (Wildman–Crippen LogP) is 5.58. The third kappa shape index (κ3) is 3.66. The fourth-order valence-electron chi connectivity index (χ4n) is 2.82. The summed E-state index contributed by atoms with van der Waals surface area (Å²) >= 11 is 5.98. The van der Waals surface area contributed by atoms with Gasteiger partial charge in [0.25, 0.3) is 5.91 Å². The first-order valence-electron chi connectivity index (χ1n) is 8.59. The summed E-state index contributed by atoms with van der Waals surface area (Å²) in [4.78, 5) is 12.9. The lowest BCUT2D eigenvalue weighted by Gasteiger charge is -2.09. The van der Waals surface area contributed by atoms with Gasteiger partial charge in [-0.3, -0.25) is 4.79 Å². The van der Waals surface area contributed by atoms with Crippen molar-refractivity contribution in [3.8, 4) is 16.9 Å². The third-order valence-corrected chi connectivity index (χ3v) is 4.46. The van der Waals surface area contributed by atoms with E-state index in [0.717, 1.165) is 5.56 Å². The second-order valence-corrected chi connectivity index (χ2v) is 6.54. The van der Waals surface area contributed by atoms with Crippen LogP contribution in [0.25, 0.3) is 16.9 Å². The first kappa shape index (κ1) is 17.9. The highest BCUT2D eigenvalue weighted by atomic mass is 35.5. The second-order valence-electron chi connectivity index (χ2n) is 6.10. The predicted molar refractivity (Wildman–Crippen MR) is 108 cm³/mol. The van der Waals surface area contributed by atoms with Crippen molar-refractivity contribution in [3.63, 3.8) is 0 Å². The number of nitrogens with one attached hydrogen (secondary N) is 1. The molecule has 0 atom stereocenters. The number of carbonyl (C=O) groups is 1. The fraction of sp³-hybridized carbons (Fsp3) is 0. The molecule has 4 nitrogen and oxygen atoms in total. The molecule has 1 heterocycles. The molecular formula is C22H15ClFN3O. The minimum absolute atomic E-state index is 0.109. The number of para-hydroxylation sites is 1. The lowest BCUT2D eigenvalue weighted by Crippen LogP contribution is -2.17. The molecule has 4 aromatic rings. The Labute approximate surface area is 166 Å². The zero-order valence-corrected chi connectivity index (χ0v) is 15.4. The van der Waals surface area contributed by atoms with E-state index in [4.69, 9.17) is 11.6 Å². The Morgan fingerprint density at radius 3 is 2.32 bits per heavy atom. The number of rotatable bonds is 4. The van der Waals surface area contributed by atoms with Crippen LogP contribution in [0.2, 0.25) is 5.02 Å². The van der Waals surface area contributed by atoms with Crippen LogP contribution >= 0.6 is 11.6 Å².